The maximum Gasteiger partial charge on any atom is 0.320 e. The van der Waals surface area contributed by atoms with Gasteiger partial charge in [-0.25, -0.2) is 0 Å². The van der Waals surface area contributed by atoms with Crippen LogP contribution in [-0.4, -0.2) is 19.0 Å². The fourth-order valence-electron chi connectivity index (χ4n) is 1.68. The molecule has 0 saturated carbocycles. The molecule has 1 amide bonds. The van der Waals surface area contributed by atoms with Crippen LogP contribution in [0.1, 0.15) is 25.0 Å². The highest BCUT2D eigenvalue weighted by Gasteiger charge is 2.37. The number of esters is 1. The number of hydrogen-bond donors (Lipinski definition) is 1. The zero-order chi connectivity index (χ0) is 13.9. The number of ether oxygens (including phenoxy) is 1. The number of methoxy groups -OCH3 is 1. The van der Waals surface area contributed by atoms with E-state index in [1.807, 2.05) is 32.0 Å². The van der Waals surface area contributed by atoms with Crippen LogP contribution in [-0.2, 0) is 14.3 Å². The average molecular weight is 249 g/mol. The van der Waals surface area contributed by atoms with E-state index in [0.717, 1.165) is 11.1 Å². The third-order valence-electron chi connectivity index (χ3n) is 2.74. The molecule has 0 aromatic heterocycles. The monoisotopic (exact) mass is 249 g/mol. The molecule has 0 unspecified atom stereocenters. The highest BCUT2D eigenvalue weighted by molar-refractivity contribution is 6.08. The van der Waals surface area contributed by atoms with Crippen molar-refractivity contribution in [3.05, 3.63) is 29.3 Å². The summed E-state index contributed by atoms with van der Waals surface area (Å²) in [6.07, 6.45) is 0. The first-order chi connectivity index (χ1) is 8.27. The molecule has 4 nitrogen and oxygen atoms in total. The van der Waals surface area contributed by atoms with Crippen molar-refractivity contribution in [1.82, 2.24) is 0 Å². The minimum Gasteiger partial charge on any atom is -0.468 e. The summed E-state index contributed by atoms with van der Waals surface area (Å²) < 4.78 is 4.62. The molecule has 1 N–H and O–H groups in total. The van der Waals surface area contributed by atoms with Crippen LogP contribution < -0.4 is 5.32 Å². The minimum atomic E-state index is -1.20. The van der Waals surface area contributed by atoms with E-state index in [1.165, 1.54) is 21.0 Å². The van der Waals surface area contributed by atoms with Crippen LogP contribution in [0.4, 0.5) is 5.69 Å². The van der Waals surface area contributed by atoms with Gasteiger partial charge in [-0.05, 0) is 51.0 Å². The quantitative estimate of drug-likeness (QED) is 0.661. The number of rotatable bonds is 3. The van der Waals surface area contributed by atoms with Crippen molar-refractivity contribution in [2.75, 3.05) is 12.4 Å². The summed E-state index contributed by atoms with van der Waals surface area (Å²) in [6.45, 7) is 6.98. The number of benzene rings is 1. The predicted octanol–water partition coefficient (Wildman–Crippen LogP) is 2.44. The Morgan fingerprint density at radius 2 is 1.61 bits per heavy atom. The van der Waals surface area contributed by atoms with E-state index < -0.39 is 11.4 Å². The maximum atomic E-state index is 12.0. The van der Waals surface area contributed by atoms with Gasteiger partial charge >= 0.3 is 5.97 Å². The van der Waals surface area contributed by atoms with Crippen LogP contribution >= 0.6 is 0 Å². The Hall–Kier alpha value is -1.84. The molecular formula is C14H19NO3. The Balaban J connectivity index is 2.91. The minimum absolute atomic E-state index is 0.376. The largest absolute Gasteiger partial charge is 0.468 e. The molecule has 0 aliphatic rings. The standard InChI is InChI=1S/C14H19NO3/c1-9-6-10(2)8-11(7-9)15-12(16)14(3,4)13(17)18-5/h6-8H,1-5H3,(H,15,16). The maximum absolute atomic E-state index is 12.0. The number of amides is 1. The zero-order valence-corrected chi connectivity index (χ0v) is 11.5. The number of hydrogen-bond acceptors (Lipinski definition) is 3. The normalized spacial score (nSPS) is 10.9. The summed E-state index contributed by atoms with van der Waals surface area (Å²) in [4.78, 5) is 23.6. The van der Waals surface area contributed by atoms with Crippen molar-refractivity contribution in [2.45, 2.75) is 27.7 Å². The number of carbonyl (C=O) groups is 2. The van der Waals surface area contributed by atoms with Crippen LogP contribution in [0, 0.1) is 19.3 Å². The topological polar surface area (TPSA) is 55.4 Å². The molecule has 0 bridgehead atoms. The van der Waals surface area contributed by atoms with Gasteiger partial charge in [-0.15, -0.1) is 0 Å². The van der Waals surface area contributed by atoms with Gasteiger partial charge in [0, 0.05) is 5.69 Å². The summed E-state index contributed by atoms with van der Waals surface area (Å²) in [7, 11) is 1.27. The summed E-state index contributed by atoms with van der Waals surface area (Å²) in [6, 6.07) is 5.73. The van der Waals surface area contributed by atoms with Crippen molar-refractivity contribution < 1.29 is 14.3 Å². The zero-order valence-electron chi connectivity index (χ0n) is 11.5. The van der Waals surface area contributed by atoms with Gasteiger partial charge in [-0.2, -0.15) is 0 Å². The third kappa shape index (κ3) is 3.09. The number of anilines is 1. The lowest BCUT2D eigenvalue weighted by Gasteiger charge is -2.20. The average Bonchev–Trinajstić information content (AvgIpc) is 2.26. The van der Waals surface area contributed by atoms with Crippen LogP contribution in [0.2, 0.25) is 0 Å². The molecular weight excluding hydrogens is 230 g/mol. The van der Waals surface area contributed by atoms with E-state index in [4.69, 9.17) is 0 Å². The van der Waals surface area contributed by atoms with Gasteiger partial charge in [0.25, 0.3) is 0 Å². The third-order valence-corrected chi connectivity index (χ3v) is 2.74. The van der Waals surface area contributed by atoms with Crippen molar-refractivity contribution >= 4 is 17.6 Å². The van der Waals surface area contributed by atoms with Crippen LogP contribution in [0.3, 0.4) is 0 Å². The highest BCUT2D eigenvalue weighted by atomic mass is 16.5. The first-order valence-corrected chi connectivity index (χ1v) is 5.75. The van der Waals surface area contributed by atoms with Gasteiger partial charge < -0.3 is 10.1 Å². The first-order valence-electron chi connectivity index (χ1n) is 5.75. The summed E-state index contributed by atoms with van der Waals surface area (Å²) in [5, 5.41) is 2.74. The van der Waals surface area contributed by atoms with Crippen molar-refractivity contribution in [3.63, 3.8) is 0 Å². The molecule has 1 rings (SSSR count). The summed E-state index contributed by atoms with van der Waals surface area (Å²) >= 11 is 0. The Kier molecular flexibility index (Phi) is 4.11. The van der Waals surface area contributed by atoms with Gasteiger partial charge in [0.05, 0.1) is 7.11 Å². The molecule has 1 aromatic rings. The van der Waals surface area contributed by atoms with Crippen LogP contribution in [0.15, 0.2) is 18.2 Å². The lowest BCUT2D eigenvalue weighted by molar-refractivity contribution is -0.154. The smallest absolute Gasteiger partial charge is 0.320 e. The van der Waals surface area contributed by atoms with Crippen molar-refractivity contribution in [1.29, 1.82) is 0 Å². The first kappa shape index (κ1) is 14.2. The van der Waals surface area contributed by atoms with Gasteiger partial charge in [-0.3, -0.25) is 9.59 Å². The van der Waals surface area contributed by atoms with Crippen LogP contribution in [0.25, 0.3) is 0 Å². The van der Waals surface area contributed by atoms with Gasteiger partial charge in [0.1, 0.15) is 5.41 Å². The van der Waals surface area contributed by atoms with E-state index in [1.54, 1.807) is 0 Å². The molecule has 18 heavy (non-hydrogen) atoms. The molecule has 0 aliphatic carbocycles. The summed E-state index contributed by atoms with van der Waals surface area (Å²) in [5.41, 5.74) is 1.60. The molecule has 98 valence electrons. The predicted molar refractivity (Wildman–Crippen MR) is 70.3 cm³/mol. The SMILES string of the molecule is COC(=O)C(C)(C)C(=O)Nc1cc(C)cc(C)c1. The Bertz CT molecular complexity index is 458. The fourth-order valence-corrected chi connectivity index (χ4v) is 1.68. The molecule has 0 fully saturated rings. The molecule has 0 saturated heterocycles. The van der Waals surface area contributed by atoms with Crippen molar-refractivity contribution in [3.8, 4) is 0 Å². The molecule has 0 aliphatic heterocycles. The second kappa shape index (κ2) is 5.21. The van der Waals surface area contributed by atoms with E-state index in [2.05, 4.69) is 10.1 Å². The Labute approximate surface area is 107 Å². The molecule has 0 heterocycles. The van der Waals surface area contributed by atoms with E-state index in [0.29, 0.717) is 5.69 Å². The van der Waals surface area contributed by atoms with E-state index in [9.17, 15) is 9.59 Å². The Morgan fingerprint density at radius 1 is 1.11 bits per heavy atom. The van der Waals surface area contributed by atoms with Gasteiger partial charge in [0.2, 0.25) is 5.91 Å². The van der Waals surface area contributed by atoms with Crippen LogP contribution in [0.5, 0.6) is 0 Å². The number of nitrogens with one attached hydrogen (secondary N) is 1. The molecule has 1 aromatic carbocycles. The van der Waals surface area contributed by atoms with Gasteiger partial charge in [-0.1, -0.05) is 6.07 Å². The molecule has 4 heteroatoms. The second-order valence-corrected chi connectivity index (χ2v) is 4.95. The van der Waals surface area contributed by atoms with E-state index >= 15 is 0 Å². The van der Waals surface area contributed by atoms with E-state index in [-0.39, 0.29) is 5.91 Å². The van der Waals surface area contributed by atoms with Gasteiger partial charge in [0.15, 0.2) is 0 Å². The fraction of sp³-hybridized carbons (Fsp3) is 0.429. The molecule has 0 radical (unpaired) electrons. The number of carbonyl (C=O) groups excluding carboxylic acids is 2. The second-order valence-electron chi connectivity index (χ2n) is 4.95. The van der Waals surface area contributed by atoms with Crippen molar-refractivity contribution in [2.24, 2.45) is 5.41 Å². The lowest BCUT2D eigenvalue weighted by Crippen LogP contribution is -2.38. The Morgan fingerprint density at radius 3 is 2.06 bits per heavy atom. The number of aryl methyl sites for hydroxylation is 2. The highest BCUT2D eigenvalue weighted by Crippen LogP contribution is 2.21. The molecule has 0 spiro atoms. The molecule has 0 atom stereocenters. The summed E-state index contributed by atoms with van der Waals surface area (Å²) in [5.74, 6) is -0.927. The lowest BCUT2D eigenvalue weighted by atomic mass is 9.92.